The highest BCUT2D eigenvalue weighted by Crippen LogP contribution is 2.15. The molecule has 0 aromatic rings. The highest BCUT2D eigenvalue weighted by atomic mass is 32.2. The third-order valence-electron chi connectivity index (χ3n) is 1.35. The van der Waals surface area contributed by atoms with Gasteiger partial charge in [0.05, 0.1) is 0 Å². The lowest BCUT2D eigenvalue weighted by molar-refractivity contribution is -0.0571. The molecule has 0 aliphatic rings. The van der Waals surface area contributed by atoms with Crippen molar-refractivity contribution in [3.8, 4) is 0 Å². The van der Waals surface area contributed by atoms with E-state index in [-0.39, 0.29) is 6.61 Å². The highest BCUT2D eigenvalue weighted by Gasteiger charge is 2.33. The molecular formula is C8H17F2NO2S. The van der Waals surface area contributed by atoms with Crippen LogP contribution in [0.1, 0.15) is 27.7 Å². The Morgan fingerprint density at radius 2 is 1.93 bits per heavy atom. The van der Waals surface area contributed by atoms with Crippen molar-refractivity contribution < 1.29 is 18.1 Å². The fourth-order valence-electron chi connectivity index (χ4n) is 0.620. The molecule has 2 atom stereocenters. The first-order valence-corrected chi connectivity index (χ1v) is 5.51. The molecule has 14 heavy (non-hydrogen) atoms. The molecule has 0 amide bonds. The molecule has 6 heteroatoms. The van der Waals surface area contributed by atoms with Crippen molar-refractivity contribution in [3.05, 3.63) is 0 Å². The molecule has 0 heterocycles. The van der Waals surface area contributed by atoms with Crippen LogP contribution in [0.25, 0.3) is 0 Å². The highest BCUT2D eigenvalue weighted by molar-refractivity contribution is 7.90. The van der Waals surface area contributed by atoms with Gasteiger partial charge in [-0.3, -0.25) is 0 Å². The van der Waals surface area contributed by atoms with Gasteiger partial charge in [0.25, 0.3) is 6.43 Å². The van der Waals surface area contributed by atoms with Gasteiger partial charge in [-0.1, -0.05) is 0 Å². The molecule has 0 fully saturated rings. The van der Waals surface area contributed by atoms with Crippen LogP contribution in [-0.4, -0.2) is 28.6 Å². The summed E-state index contributed by atoms with van der Waals surface area (Å²) in [6, 6.07) is 0. The van der Waals surface area contributed by atoms with Crippen LogP contribution in [0.5, 0.6) is 0 Å². The predicted molar refractivity (Wildman–Crippen MR) is 52.4 cm³/mol. The number of nitrogens with one attached hydrogen (secondary N) is 1. The number of alkyl halides is 2. The molecule has 1 unspecified atom stereocenters. The standard InChI is InChI=1S/C8H17F2NO2S/c1-5-13-7(6(9)10)11-14(12)8(2,3)4/h6-7,11H,5H2,1-4H3/t7-,14?/m0/s1. The van der Waals surface area contributed by atoms with Crippen molar-refractivity contribution in [2.75, 3.05) is 6.61 Å². The van der Waals surface area contributed by atoms with Gasteiger partial charge in [0.2, 0.25) is 6.23 Å². The fourth-order valence-corrected chi connectivity index (χ4v) is 1.36. The van der Waals surface area contributed by atoms with Gasteiger partial charge in [0.15, 0.2) is 0 Å². The van der Waals surface area contributed by atoms with Crippen LogP contribution in [0.15, 0.2) is 0 Å². The molecule has 0 spiro atoms. The summed E-state index contributed by atoms with van der Waals surface area (Å²) in [5.74, 6) is 0. The van der Waals surface area contributed by atoms with Crippen LogP contribution < -0.4 is 4.72 Å². The zero-order chi connectivity index (χ0) is 11.4. The Morgan fingerprint density at radius 1 is 1.43 bits per heavy atom. The minimum absolute atomic E-state index is 0.156. The summed E-state index contributed by atoms with van der Waals surface area (Å²) in [6.45, 7) is 6.86. The maximum absolute atomic E-state index is 12.3. The maximum atomic E-state index is 12.3. The molecule has 0 aliphatic carbocycles. The van der Waals surface area contributed by atoms with Crippen LogP contribution in [-0.2, 0) is 16.1 Å². The van der Waals surface area contributed by atoms with E-state index in [0.29, 0.717) is 0 Å². The number of hydrogen-bond acceptors (Lipinski definition) is 3. The molecular weight excluding hydrogens is 212 g/mol. The summed E-state index contributed by atoms with van der Waals surface area (Å²) in [6.07, 6.45) is -4.14. The van der Waals surface area contributed by atoms with Gasteiger partial charge in [-0.05, 0) is 27.7 Å². The average Bonchev–Trinajstić information content (AvgIpc) is 2.01. The quantitative estimate of drug-likeness (QED) is 0.576. The molecule has 0 saturated heterocycles. The first kappa shape index (κ1) is 14.1. The van der Waals surface area contributed by atoms with E-state index < -0.39 is 28.8 Å². The lowest BCUT2D eigenvalue weighted by Gasteiger charge is -2.27. The van der Waals surface area contributed by atoms with Crippen molar-refractivity contribution in [3.63, 3.8) is 0 Å². The average molecular weight is 229 g/mol. The first-order valence-electron chi connectivity index (χ1n) is 4.36. The Balaban J connectivity index is 4.16. The summed E-state index contributed by atoms with van der Waals surface area (Å²) in [5, 5.41) is 0. The molecule has 0 radical (unpaired) electrons. The van der Waals surface area contributed by atoms with Gasteiger partial charge in [0.1, 0.15) is 4.75 Å². The van der Waals surface area contributed by atoms with E-state index in [1.165, 1.54) is 0 Å². The second-order valence-corrected chi connectivity index (χ2v) is 5.71. The largest absolute Gasteiger partial charge is 0.598 e. The Bertz CT molecular complexity index is 164. The van der Waals surface area contributed by atoms with Crippen LogP contribution in [0.2, 0.25) is 0 Å². The SMILES string of the molecule is CCO[C@H](N[S+]([O-])C(C)(C)C)C(F)F. The van der Waals surface area contributed by atoms with Crippen molar-refractivity contribution in [2.45, 2.75) is 45.1 Å². The molecule has 0 bridgehead atoms. The summed E-state index contributed by atoms with van der Waals surface area (Å²) < 4.78 is 42.5. The van der Waals surface area contributed by atoms with E-state index in [0.717, 1.165) is 0 Å². The summed E-state index contributed by atoms with van der Waals surface area (Å²) in [7, 11) is 0. The summed E-state index contributed by atoms with van der Waals surface area (Å²) in [4.78, 5) is 0. The Labute approximate surface area is 86.5 Å². The third-order valence-corrected chi connectivity index (χ3v) is 2.91. The Kier molecular flexibility index (Phi) is 5.88. The van der Waals surface area contributed by atoms with Crippen molar-refractivity contribution in [1.82, 2.24) is 4.72 Å². The van der Waals surface area contributed by atoms with E-state index in [1.54, 1.807) is 27.7 Å². The monoisotopic (exact) mass is 229 g/mol. The lowest BCUT2D eigenvalue weighted by Crippen LogP contribution is -2.48. The fraction of sp³-hybridized carbons (Fsp3) is 1.00. The van der Waals surface area contributed by atoms with Crippen molar-refractivity contribution in [2.24, 2.45) is 0 Å². The van der Waals surface area contributed by atoms with E-state index in [1.807, 2.05) is 0 Å². The van der Waals surface area contributed by atoms with Crippen molar-refractivity contribution in [1.29, 1.82) is 0 Å². The minimum atomic E-state index is -2.68. The molecule has 0 aliphatic heterocycles. The maximum Gasteiger partial charge on any atom is 0.281 e. The number of ether oxygens (including phenoxy) is 1. The molecule has 0 aromatic heterocycles. The van der Waals surface area contributed by atoms with Crippen LogP contribution in [0.3, 0.4) is 0 Å². The topological polar surface area (TPSA) is 44.3 Å². The van der Waals surface area contributed by atoms with Crippen LogP contribution in [0, 0.1) is 0 Å². The number of halogens is 2. The summed E-state index contributed by atoms with van der Waals surface area (Å²) >= 11 is -1.54. The molecule has 1 N–H and O–H groups in total. The van der Waals surface area contributed by atoms with Gasteiger partial charge in [-0.2, -0.15) is 0 Å². The van der Waals surface area contributed by atoms with Crippen LogP contribution >= 0.6 is 0 Å². The summed E-state index contributed by atoms with van der Waals surface area (Å²) in [5.41, 5.74) is 0. The van der Waals surface area contributed by atoms with Gasteiger partial charge in [-0.25, -0.2) is 8.78 Å². The Morgan fingerprint density at radius 3 is 2.21 bits per heavy atom. The van der Waals surface area contributed by atoms with E-state index in [2.05, 4.69) is 4.72 Å². The third kappa shape index (κ3) is 5.09. The van der Waals surface area contributed by atoms with E-state index >= 15 is 0 Å². The zero-order valence-electron chi connectivity index (χ0n) is 8.84. The van der Waals surface area contributed by atoms with Crippen molar-refractivity contribution >= 4 is 11.4 Å². The van der Waals surface area contributed by atoms with Gasteiger partial charge in [-0.15, -0.1) is 4.72 Å². The second-order valence-electron chi connectivity index (χ2n) is 3.71. The number of hydrogen-bond donors (Lipinski definition) is 1. The smallest absolute Gasteiger partial charge is 0.281 e. The predicted octanol–water partition coefficient (Wildman–Crippen LogP) is 1.67. The molecule has 0 rings (SSSR count). The first-order chi connectivity index (χ1) is 6.29. The number of rotatable bonds is 5. The second kappa shape index (κ2) is 5.85. The van der Waals surface area contributed by atoms with Gasteiger partial charge in [0, 0.05) is 18.0 Å². The molecule has 86 valence electrons. The van der Waals surface area contributed by atoms with Gasteiger partial charge < -0.3 is 9.29 Å². The molecule has 0 saturated carbocycles. The lowest BCUT2D eigenvalue weighted by atomic mass is 10.3. The normalized spacial score (nSPS) is 17.1. The molecule has 3 nitrogen and oxygen atoms in total. The van der Waals surface area contributed by atoms with E-state index in [9.17, 15) is 13.3 Å². The zero-order valence-corrected chi connectivity index (χ0v) is 9.66. The van der Waals surface area contributed by atoms with Crippen LogP contribution in [0.4, 0.5) is 8.78 Å². The van der Waals surface area contributed by atoms with Gasteiger partial charge >= 0.3 is 0 Å². The molecule has 0 aromatic carbocycles. The Hall–Kier alpha value is 0.0900. The van der Waals surface area contributed by atoms with E-state index in [4.69, 9.17) is 4.74 Å². The minimum Gasteiger partial charge on any atom is -0.598 e.